The van der Waals surface area contributed by atoms with E-state index in [0.29, 0.717) is 11.5 Å². The highest BCUT2D eigenvalue weighted by Crippen LogP contribution is 2.18. The van der Waals surface area contributed by atoms with Gasteiger partial charge in [0.1, 0.15) is 0 Å². The van der Waals surface area contributed by atoms with Crippen molar-refractivity contribution in [2.45, 2.75) is 64.5 Å². The summed E-state index contributed by atoms with van der Waals surface area (Å²) in [5.41, 5.74) is 1.65. The Hall–Kier alpha value is -1.84. The molecular formula is C18H25NO3. The summed E-state index contributed by atoms with van der Waals surface area (Å²) in [5, 5.41) is 2.94. The molecule has 1 amide bonds. The first-order valence-corrected chi connectivity index (χ1v) is 8.08. The fourth-order valence-electron chi connectivity index (χ4n) is 2.67. The second-order valence-electron chi connectivity index (χ2n) is 6.31. The summed E-state index contributed by atoms with van der Waals surface area (Å²) in [7, 11) is 0. The first-order chi connectivity index (χ1) is 10.5. The molecule has 1 fully saturated rings. The van der Waals surface area contributed by atoms with Crippen molar-refractivity contribution in [3.05, 3.63) is 35.4 Å². The summed E-state index contributed by atoms with van der Waals surface area (Å²) < 4.78 is 5.26. The number of carbonyl (C=O) groups is 2. The lowest BCUT2D eigenvalue weighted by Crippen LogP contribution is -2.40. The van der Waals surface area contributed by atoms with Crippen LogP contribution in [0.1, 0.15) is 68.3 Å². The topological polar surface area (TPSA) is 55.4 Å². The summed E-state index contributed by atoms with van der Waals surface area (Å²) in [6, 6.07) is 7.58. The van der Waals surface area contributed by atoms with Crippen molar-refractivity contribution in [1.29, 1.82) is 0 Å². The maximum Gasteiger partial charge on any atom is 0.338 e. The van der Waals surface area contributed by atoms with Crippen LogP contribution < -0.4 is 5.32 Å². The summed E-state index contributed by atoms with van der Waals surface area (Å²) in [6.07, 6.45) is 3.58. The number of ether oxygens (including phenoxy) is 1. The summed E-state index contributed by atoms with van der Waals surface area (Å²) in [4.78, 5) is 24.1. The van der Waals surface area contributed by atoms with E-state index in [4.69, 9.17) is 4.74 Å². The minimum atomic E-state index is -0.766. The Balaban J connectivity index is 1.88. The molecule has 1 N–H and O–H groups in total. The Kier molecular flexibility index (Phi) is 5.58. The van der Waals surface area contributed by atoms with Crippen LogP contribution in [0.25, 0.3) is 0 Å². The number of esters is 1. The molecule has 1 aromatic rings. The Morgan fingerprint density at radius 3 is 2.23 bits per heavy atom. The van der Waals surface area contributed by atoms with Gasteiger partial charge < -0.3 is 10.1 Å². The summed E-state index contributed by atoms with van der Waals surface area (Å²) in [6.45, 7) is 5.82. The smallest absolute Gasteiger partial charge is 0.338 e. The van der Waals surface area contributed by atoms with Crippen LogP contribution in [0.3, 0.4) is 0 Å². The van der Waals surface area contributed by atoms with Crippen molar-refractivity contribution in [1.82, 2.24) is 5.32 Å². The third kappa shape index (κ3) is 4.33. The molecule has 4 nitrogen and oxygen atoms in total. The normalized spacial score (nSPS) is 16.5. The molecule has 0 spiro atoms. The lowest BCUT2D eigenvalue weighted by atomic mass is 10.0. The molecule has 0 unspecified atom stereocenters. The van der Waals surface area contributed by atoms with Gasteiger partial charge in [0, 0.05) is 6.04 Å². The standard InChI is InChI=1S/C18H25NO3/c1-12(2)14-8-10-15(11-9-14)18(21)22-13(3)17(20)19-16-6-4-5-7-16/h8-13,16H,4-7H2,1-3H3,(H,19,20)/t13-/m0/s1. The van der Waals surface area contributed by atoms with Gasteiger partial charge in [-0.15, -0.1) is 0 Å². The molecule has 0 aromatic heterocycles. The first kappa shape index (κ1) is 16.5. The van der Waals surface area contributed by atoms with Crippen LogP contribution in [0.4, 0.5) is 0 Å². The maximum absolute atomic E-state index is 12.1. The van der Waals surface area contributed by atoms with Gasteiger partial charge in [-0.1, -0.05) is 38.8 Å². The third-order valence-electron chi connectivity index (χ3n) is 4.17. The molecule has 0 saturated heterocycles. The predicted octanol–water partition coefficient (Wildman–Crippen LogP) is 3.41. The van der Waals surface area contributed by atoms with Crippen molar-refractivity contribution in [2.24, 2.45) is 0 Å². The van der Waals surface area contributed by atoms with Gasteiger partial charge in [-0.2, -0.15) is 0 Å². The zero-order valence-corrected chi connectivity index (χ0v) is 13.6. The fraction of sp³-hybridized carbons (Fsp3) is 0.556. The largest absolute Gasteiger partial charge is 0.449 e. The predicted molar refractivity (Wildman–Crippen MR) is 85.8 cm³/mol. The van der Waals surface area contributed by atoms with Crippen LogP contribution in [0.2, 0.25) is 0 Å². The molecule has 1 atom stereocenters. The Morgan fingerprint density at radius 2 is 1.68 bits per heavy atom. The number of rotatable bonds is 5. The molecule has 1 aromatic carbocycles. The summed E-state index contributed by atoms with van der Waals surface area (Å²) in [5.74, 6) is -0.246. The van der Waals surface area contributed by atoms with Gasteiger partial charge in [-0.3, -0.25) is 4.79 Å². The highest BCUT2D eigenvalue weighted by Gasteiger charge is 2.23. The van der Waals surface area contributed by atoms with E-state index in [1.165, 1.54) is 5.56 Å². The van der Waals surface area contributed by atoms with Gasteiger partial charge in [-0.05, 0) is 43.4 Å². The van der Waals surface area contributed by atoms with E-state index in [9.17, 15) is 9.59 Å². The van der Waals surface area contributed by atoms with Crippen molar-refractivity contribution >= 4 is 11.9 Å². The average molecular weight is 303 g/mol. The molecule has 1 aliphatic carbocycles. The highest BCUT2D eigenvalue weighted by molar-refractivity contribution is 5.92. The van der Waals surface area contributed by atoms with E-state index in [1.54, 1.807) is 19.1 Å². The second-order valence-corrected chi connectivity index (χ2v) is 6.31. The molecule has 2 rings (SSSR count). The van der Waals surface area contributed by atoms with Gasteiger partial charge in [-0.25, -0.2) is 4.79 Å². The minimum absolute atomic E-state index is 0.209. The van der Waals surface area contributed by atoms with E-state index >= 15 is 0 Å². The second kappa shape index (κ2) is 7.43. The molecule has 120 valence electrons. The van der Waals surface area contributed by atoms with Gasteiger partial charge in [0.2, 0.25) is 0 Å². The zero-order chi connectivity index (χ0) is 16.1. The van der Waals surface area contributed by atoms with E-state index in [-0.39, 0.29) is 11.9 Å². The Bertz CT molecular complexity index is 516. The minimum Gasteiger partial charge on any atom is -0.449 e. The SMILES string of the molecule is CC(C)c1ccc(C(=O)O[C@@H](C)C(=O)NC2CCCC2)cc1. The molecule has 0 bridgehead atoms. The molecule has 1 saturated carbocycles. The van der Waals surface area contributed by atoms with Crippen LogP contribution in [0.5, 0.6) is 0 Å². The van der Waals surface area contributed by atoms with Crippen molar-refractivity contribution in [3.63, 3.8) is 0 Å². The average Bonchev–Trinajstić information content (AvgIpc) is 3.00. The van der Waals surface area contributed by atoms with Gasteiger partial charge in [0.15, 0.2) is 6.10 Å². The number of amides is 1. The van der Waals surface area contributed by atoms with Crippen LogP contribution in [0.15, 0.2) is 24.3 Å². The lowest BCUT2D eigenvalue weighted by Gasteiger charge is -2.17. The van der Waals surface area contributed by atoms with Crippen LogP contribution in [0, 0.1) is 0 Å². The Labute approximate surface area is 132 Å². The van der Waals surface area contributed by atoms with Crippen molar-refractivity contribution < 1.29 is 14.3 Å². The highest BCUT2D eigenvalue weighted by atomic mass is 16.5. The van der Waals surface area contributed by atoms with Gasteiger partial charge in [0.25, 0.3) is 5.91 Å². The molecule has 4 heteroatoms. The van der Waals surface area contributed by atoms with Crippen molar-refractivity contribution in [2.75, 3.05) is 0 Å². The number of benzene rings is 1. The van der Waals surface area contributed by atoms with E-state index in [1.807, 2.05) is 12.1 Å². The third-order valence-corrected chi connectivity index (χ3v) is 4.17. The van der Waals surface area contributed by atoms with Gasteiger partial charge in [0.05, 0.1) is 5.56 Å². The maximum atomic E-state index is 12.1. The first-order valence-electron chi connectivity index (χ1n) is 8.08. The monoisotopic (exact) mass is 303 g/mol. The van der Waals surface area contributed by atoms with Gasteiger partial charge >= 0.3 is 5.97 Å². The number of carbonyl (C=O) groups excluding carboxylic acids is 2. The molecule has 22 heavy (non-hydrogen) atoms. The molecule has 1 aliphatic rings. The van der Waals surface area contributed by atoms with E-state index in [2.05, 4.69) is 19.2 Å². The zero-order valence-electron chi connectivity index (χ0n) is 13.6. The number of hydrogen-bond donors (Lipinski definition) is 1. The fourth-order valence-corrected chi connectivity index (χ4v) is 2.67. The summed E-state index contributed by atoms with van der Waals surface area (Å²) >= 11 is 0. The number of nitrogens with one attached hydrogen (secondary N) is 1. The molecule has 0 aliphatic heterocycles. The van der Waals surface area contributed by atoms with E-state index in [0.717, 1.165) is 25.7 Å². The van der Waals surface area contributed by atoms with Crippen LogP contribution in [-0.4, -0.2) is 24.0 Å². The van der Waals surface area contributed by atoms with Crippen LogP contribution in [-0.2, 0) is 9.53 Å². The van der Waals surface area contributed by atoms with Crippen LogP contribution >= 0.6 is 0 Å². The lowest BCUT2D eigenvalue weighted by molar-refractivity contribution is -0.129. The van der Waals surface area contributed by atoms with E-state index < -0.39 is 12.1 Å². The quantitative estimate of drug-likeness (QED) is 0.848. The van der Waals surface area contributed by atoms with Crippen molar-refractivity contribution in [3.8, 4) is 0 Å². The molecule has 0 heterocycles. The molecular weight excluding hydrogens is 278 g/mol. The Morgan fingerprint density at radius 1 is 1.09 bits per heavy atom. The molecule has 0 radical (unpaired) electrons. The number of hydrogen-bond acceptors (Lipinski definition) is 3.